The largest absolute Gasteiger partial charge is 0.488 e. The van der Waals surface area contributed by atoms with Gasteiger partial charge in [-0.1, -0.05) is 24.3 Å². The van der Waals surface area contributed by atoms with Gasteiger partial charge in [0.25, 0.3) is 5.91 Å². The van der Waals surface area contributed by atoms with Gasteiger partial charge >= 0.3 is 0 Å². The van der Waals surface area contributed by atoms with Crippen LogP contribution in [0.5, 0.6) is 5.75 Å². The van der Waals surface area contributed by atoms with Crippen LogP contribution in [0.2, 0.25) is 0 Å². The van der Waals surface area contributed by atoms with Gasteiger partial charge in [-0.05, 0) is 36.2 Å². The van der Waals surface area contributed by atoms with Crippen molar-refractivity contribution in [1.82, 2.24) is 15.5 Å². The lowest BCUT2D eigenvalue weighted by atomic mass is 10.0. The monoisotopic (exact) mass is 362 g/mol. The molecular weight excluding hydrogens is 340 g/mol. The third kappa shape index (κ3) is 3.38. The van der Waals surface area contributed by atoms with Crippen LogP contribution in [0, 0.1) is 0 Å². The second-order valence-electron chi connectivity index (χ2n) is 6.78. The number of H-pyrrole nitrogens is 1. The van der Waals surface area contributed by atoms with E-state index in [1.165, 1.54) is 5.56 Å². The summed E-state index contributed by atoms with van der Waals surface area (Å²) in [5, 5.41) is 10.2. The normalized spacial score (nSPS) is 11.9. The number of hydrogen-bond donors (Lipinski definition) is 2. The van der Waals surface area contributed by atoms with Crippen molar-refractivity contribution in [2.24, 2.45) is 0 Å². The van der Waals surface area contributed by atoms with Crippen LogP contribution in [-0.4, -0.2) is 36.7 Å². The Bertz CT molecular complexity index is 961. The lowest BCUT2D eigenvalue weighted by molar-refractivity contribution is 0.0946. The second-order valence-corrected chi connectivity index (χ2v) is 6.78. The molecule has 0 atom stereocenters. The van der Waals surface area contributed by atoms with E-state index in [0.29, 0.717) is 18.8 Å². The highest BCUT2D eigenvalue weighted by molar-refractivity contribution is 5.96. The molecule has 1 aliphatic rings. The number of benzene rings is 2. The molecule has 1 aliphatic heterocycles. The zero-order valence-corrected chi connectivity index (χ0v) is 15.5. The number of anilines is 1. The highest BCUT2D eigenvalue weighted by Gasteiger charge is 2.25. The molecule has 1 amide bonds. The van der Waals surface area contributed by atoms with Gasteiger partial charge in [-0.25, -0.2) is 0 Å². The minimum atomic E-state index is -0.156. The molecule has 27 heavy (non-hydrogen) atoms. The molecule has 0 bridgehead atoms. The van der Waals surface area contributed by atoms with Gasteiger partial charge in [-0.3, -0.25) is 9.89 Å². The Balaban J connectivity index is 1.41. The van der Waals surface area contributed by atoms with E-state index < -0.39 is 0 Å². The van der Waals surface area contributed by atoms with Crippen LogP contribution in [0.25, 0.3) is 11.3 Å². The molecule has 0 aliphatic carbocycles. The molecule has 6 heteroatoms. The first-order chi connectivity index (χ1) is 13.1. The van der Waals surface area contributed by atoms with Crippen LogP contribution in [0.3, 0.4) is 0 Å². The molecule has 0 saturated carbocycles. The van der Waals surface area contributed by atoms with Gasteiger partial charge in [-0.2, -0.15) is 5.10 Å². The molecule has 3 aromatic rings. The van der Waals surface area contributed by atoms with Crippen molar-refractivity contribution >= 4 is 11.6 Å². The van der Waals surface area contributed by atoms with E-state index in [9.17, 15) is 4.79 Å². The number of para-hydroxylation sites is 1. The fraction of sp³-hybridized carbons (Fsp3) is 0.238. The van der Waals surface area contributed by atoms with Gasteiger partial charge in [-0.15, -0.1) is 0 Å². The molecule has 0 unspecified atom stereocenters. The van der Waals surface area contributed by atoms with E-state index in [1.807, 2.05) is 38.4 Å². The zero-order valence-electron chi connectivity index (χ0n) is 15.5. The number of rotatable bonds is 5. The SMILES string of the molecule is CN(C)c1ccc(CCNC(=O)c2[nH]nc3c2COc2ccccc2-3)cc1. The summed E-state index contributed by atoms with van der Waals surface area (Å²) in [6, 6.07) is 16.1. The molecule has 0 saturated heterocycles. The van der Waals surface area contributed by atoms with Crippen molar-refractivity contribution in [2.75, 3.05) is 25.5 Å². The summed E-state index contributed by atoms with van der Waals surface area (Å²) in [4.78, 5) is 14.6. The second kappa shape index (κ2) is 7.15. The van der Waals surface area contributed by atoms with Gasteiger partial charge in [0.15, 0.2) is 0 Å². The minimum absolute atomic E-state index is 0.156. The molecule has 0 fully saturated rings. The van der Waals surface area contributed by atoms with Gasteiger partial charge in [0.1, 0.15) is 23.7 Å². The smallest absolute Gasteiger partial charge is 0.269 e. The summed E-state index contributed by atoms with van der Waals surface area (Å²) >= 11 is 0. The summed E-state index contributed by atoms with van der Waals surface area (Å²) in [5.74, 6) is 0.640. The van der Waals surface area contributed by atoms with Gasteiger partial charge in [0.2, 0.25) is 0 Å². The lowest BCUT2D eigenvalue weighted by Crippen LogP contribution is -2.27. The van der Waals surface area contributed by atoms with Crippen LogP contribution >= 0.6 is 0 Å². The number of carbonyl (C=O) groups excluding carboxylic acids is 1. The van der Waals surface area contributed by atoms with Crippen molar-refractivity contribution in [3.63, 3.8) is 0 Å². The molecule has 1 aromatic heterocycles. The molecule has 2 heterocycles. The number of aromatic amines is 1. The zero-order chi connectivity index (χ0) is 18.8. The molecule has 2 N–H and O–H groups in total. The Hall–Kier alpha value is -3.28. The van der Waals surface area contributed by atoms with Gasteiger partial charge in [0.05, 0.1) is 0 Å². The first kappa shape index (κ1) is 17.1. The Morgan fingerprint density at radius 2 is 1.96 bits per heavy atom. The van der Waals surface area contributed by atoms with E-state index in [0.717, 1.165) is 34.7 Å². The van der Waals surface area contributed by atoms with E-state index in [-0.39, 0.29) is 5.91 Å². The van der Waals surface area contributed by atoms with Crippen LogP contribution < -0.4 is 15.0 Å². The predicted molar refractivity (Wildman–Crippen MR) is 105 cm³/mol. The summed E-state index contributed by atoms with van der Waals surface area (Å²) in [7, 11) is 4.03. The number of aromatic nitrogens is 2. The Labute approximate surface area is 158 Å². The van der Waals surface area contributed by atoms with Crippen LogP contribution in [0.15, 0.2) is 48.5 Å². The van der Waals surface area contributed by atoms with E-state index >= 15 is 0 Å². The van der Waals surface area contributed by atoms with Crippen molar-refractivity contribution < 1.29 is 9.53 Å². The summed E-state index contributed by atoms with van der Waals surface area (Å²) in [6.07, 6.45) is 0.773. The quantitative estimate of drug-likeness (QED) is 0.732. The predicted octanol–water partition coefficient (Wildman–Crippen LogP) is 3.01. The fourth-order valence-corrected chi connectivity index (χ4v) is 3.22. The molecular formula is C21H22N4O2. The third-order valence-corrected chi connectivity index (χ3v) is 4.76. The topological polar surface area (TPSA) is 70.2 Å². The van der Waals surface area contributed by atoms with Crippen molar-refractivity contribution in [2.45, 2.75) is 13.0 Å². The number of nitrogens with one attached hydrogen (secondary N) is 2. The van der Waals surface area contributed by atoms with Gasteiger partial charge in [0, 0.05) is 37.5 Å². The molecule has 0 spiro atoms. The van der Waals surface area contributed by atoms with E-state index in [2.05, 4.69) is 44.7 Å². The first-order valence-electron chi connectivity index (χ1n) is 8.97. The molecule has 2 aromatic carbocycles. The summed E-state index contributed by atoms with van der Waals surface area (Å²) < 4.78 is 5.76. The maximum Gasteiger partial charge on any atom is 0.269 e. The van der Waals surface area contributed by atoms with Crippen LogP contribution in [0.4, 0.5) is 5.69 Å². The van der Waals surface area contributed by atoms with E-state index in [1.54, 1.807) is 0 Å². The lowest BCUT2D eigenvalue weighted by Gasteiger charge is -2.17. The maximum absolute atomic E-state index is 12.6. The standard InChI is InChI=1S/C21H22N4O2/c1-25(2)15-9-7-14(8-10-15)11-12-22-21(26)20-17-13-27-18-6-4-3-5-16(18)19(17)23-24-20/h3-10H,11-13H2,1-2H3,(H,22,26)(H,23,24). The average molecular weight is 362 g/mol. The van der Waals surface area contributed by atoms with Gasteiger partial charge < -0.3 is 15.0 Å². The average Bonchev–Trinajstić information content (AvgIpc) is 3.13. The number of nitrogens with zero attached hydrogens (tertiary/aromatic N) is 2. The first-order valence-corrected chi connectivity index (χ1v) is 8.97. The summed E-state index contributed by atoms with van der Waals surface area (Å²) in [6.45, 7) is 0.906. The Morgan fingerprint density at radius 1 is 1.19 bits per heavy atom. The number of amides is 1. The number of ether oxygens (including phenoxy) is 1. The maximum atomic E-state index is 12.6. The molecule has 0 radical (unpaired) electrons. The van der Waals surface area contributed by atoms with Crippen molar-refractivity contribution in [3.05, 3.63) is 65.4 Å². The highest BCUT2D eigenvalue weighted by Crippen LogP contribution is 2.36. The highest BCUT2D eigenvalue weighted by atomic mass is 16.5. The fourth-order valence-electron chi connectivity index (χ4n) is 3.22. The third-order valence-electron chi connectivity index (χ3n) is 4.76. The molecule has 138 valence electrons. The Kier molecular flexibility index (Phi) is 4.54. The number of fused-ring (bicyclic) bond motifs is 3. The van der Waals surface area contributed by atoms with E-state index in [4.69, 9.17) is 4.74 Å². The molecule has 6 nitrogen and oxygen atoms in total. The molecule has 4 rings (SSSR count). The number of hydrogen-bond acceptors (Lipinski definition) is 4. The summed E-state index contributed by atoms with van der Waals surface area (Å²) in [5.41, 5.74) is 5.33. The Morgan fingerprint density at radius 3 is 2.74 bits per heavy atom. The number of carbonyl (C=O) groups is 1. The van der Waals surface area contributed by atoms with Crippen LogP contribution in [-0.2, 0) is 13.0 Å². The minimum Gasteiger partial charge on any atom is -0.488 e. The van der Waals surface area contributed by atoms with Crippen molar-refractivity contribution in [1.29, 1.82) is 0 Å². The van der Waals surface area contributed by atoms with Crippen LogP contribution in [0.1, 0.15) is 21.6 Å². The van der Waals surface area contributed by atoms with Crippen molar-refractivity contribution in [3.8, 4) is 17.0 Å².